The first-order valence-electron chi connectivity index (χ1n) is 8.18. The van der Waals surface area contributed by atoms with Crippen molar-refractivity contribution in [1.29, 1.82) is 0 Å². The van der Waals surface area contributed by atoms with E-state index in [2.05, 4.69) is 5.10 Å². The van der Waals surface area contributed by atoms with Gasteiger partial charge in [-0.15, -0.1) is 0 Å². The average Bonchev–Trinajstić information content (AvgIpc) is 3.25. The number of aromatic nitrogens is 3. The second-order valence-corrected chi connectivity index (χ2v) is 6.50. The fraction of sp³-hybridized carbons (Fsp3) is 0.222. The van der Waals surface area contributed by atoms with Crippen LogP contribution in [0.15, 0.2) is 30.6 Å². The summed E-state index contributed by atoms with van der Waals surface area (Å²) in [5.41, 5.74) is 0.943. The second-order valence-electron chi connectivity index (χ2n) is 6.50. The van der Waals surface area contributed by atoms with E-state index in [1.165, 1.54) is 6.33 Å². The minimum Gasteiger partial charge on any atom is -0.363 e. The minimum atomic E-state index is -2.20. The number of hydrogen-bond acceptors (Lipinski definition) is 2. The number of ether oxygens (including phenoxy) is 1. The van der Waals surface area contributed by atoms with E-state index in [0.29, 0.717) is 16.9 Å². The Morgan fingerprint density at radius 1 is 0.963 bits per heavy atom. The van der Waals surface area contributed by atoms with Crippen LogP contribution in [-0.4, -0.2) is 15.8 Å². The van der Waals surface area contributed by atoms with Crippen LogP contribution in [0.1, 0.15) is 23.0 Å². The third kappa shape index (κ3) is 2.18. The van der Waals surface area contributed by atoms with Crippen LogP contribution in [0.3, 0.4) is 0 Å². The van der Waals surface area contributed by atoms with Crippen LogP contribution in [0.5, 0.6) is 0 Å². The van der Waals surface area contributed by atoms with Crippen molar-refractivity contribution in [2.75, 3.05) is 0 Å². The summed E-state index contributed by atoms with van der Waals surface area (Å²) in [6.07, 6.45) is 1.73. The van der Waals surface area contributed by atoms with Crippen molar-refractivity contribution in [2.45, 2.75) is 25.2 Å². The fourth-order valence-electron chi connectivity index (χ4n) is 3.82. The molecule has 2 aromatic carbocycles. The van der Waals surface area contributed by atoms with Crippen LogP contribution < -0.4 is 4.68 Å². The van der Waals surface area contributed by atoms with Gasteiger partial charge in [0.1, 0.15) is 12.7 Å². The van der Waals surface area contributed by atoms with E-state index >= 15 is 0 Å². The maximum atomic E-state index is 14.1. The Balaban J connectivity index is 1.68. The molecular weight excluding hydrogens is 369 g/mol. The van der Waals surface area contributed by atoms with Gasteiger partial charge in [-0.25, -0.2) is 17.7 Å². The lowest BCUT2D eigenvalue weighted by Gasteiger charge is -2.22. The van der Waals surface area contributed by atoms with E-state index < -0.39 is 34.8 Å². The Labute approximate surface area is 149 Å². The summed E-state index contributed by atoms with van der Waals surface area (Å²) in [6.45, 7) is 0.0670. The molecule has 0 spiro atoms. The molecule has 2 aliphatic rings. The Bertz CT molecular complexity index is 1070. The average molecular weight is 380 g/mol. The number of fused-ring (bicyclic) bond motifs is 5. The van der Waals surface area contributed by atoms with Crippen molar-refractivity contribution >= 4 is 0 Å². The molecule has 2 atom stereocenters. The predicted octanol–water partition coefficient (Wildman–Crippen LogP) is 2.90. The Morgan fingerprint density at radius 3 is 2.37 bits per heavy atom. The maximum absolute atomic E-state index is 14.1. The van der Waals surface area contributed by atoms with Crippen molar-refractivity contribution < 1.29 is 31.4 Å². The van der Waals surface area contributed by atoms with Crippen LogP contribution in [0.25, 0.3) is 5.69 Å². The molecule has 27 heavy (non-hydrogen) atoms. The fourth-order valence-corrected chi connectivity index (χ4v) is 3.82. The van der Waals surface area contributed by atoms with Gasteiger partial charge in [-0.05, 0) is 10.7 Å². The van der Waals surface area contributed by atoms with E-state index in [1.807, 2.05) is 24.3 Å². The summed E-state index contributed by atoms with van der Waals surface area (Å²) in [4.78, 5) is 0. The number of benzene rings is 2. The Morgan fingerprint density at radius 2 is 1.63 bits per heavy atom. The predicted molar refractivity (Wildman–Crippen MR) is 80.4 cm³/mol. The van der Waals surface area contributed by atoms with E-state index in [-0.39, 0.29) is 18.8 Å². The number of hydrogen-bond donors (Lipinski definition) is 0. The highest BCUT2D eigenvalue weighted by Gasteiger charge is 2.44. The Hall–Kier alpha value is -2.81. The molecule has 5 rings (SSSR count). The molecular formula is C18H11F5N3O+. The summed E-state index contributed by atoms with van der Waals surface area (Å²) in [7, 11) is 0. The lowest BCUT2D eigenvalue weighted by molar-refractivity contribution is -0.661. The topological polar surface area (TPSA) is 30.9 Å². The monoisotopic (exact) mass is 380 g/mol. The summed E-state index contributed by atoms with van der Waals surface area (Å²) in [5, 5.41) is 4.01. The Kier molecular flexibility index (Phi) is 3.39. The highest BCUT2D eigenvalue weighted by atomic mass is 19.2. The quantitative estimate of drug-likeness (QED) is 0.281. The van der Waals surface area contributed by atoms with Gasteiger partial charge in [0.15, 0.2) is 6.04 Å². The normalized spacial score (nSPS) is 20.3. The molecule has 0 radical (unpaired) electrons. The zero-order chi connectivity index (χ0) is 18.9. The first-order chi connectivity index (χ1) is 13.0. The highest BCUT2D eigenvalue weighted by Crippen LogP contribution is 2.39. The molecule has 4 nitrogen and oxygen atoms in total. The summed E-state index contributed by atoms with van der Waals surface area (Å²) in [6, 6.07) is 7.37. The number of halogens is 5. The van der Waals surface area contributed by atoms with Gasteiger partial charge in [0.25, 0.3) is 12.2 Å². The molecule has 3 aromatic rings. The van der Waals surface area contributed by atoms with Crippen molar-refractivity contribution in [3.63, 3.8) is 0 Å². The van der Waals surface area contributed by atoms with Gasteiger partial charge in [-0.1, -0.05) is 28.9 Å². The van der Waals surface area contributed by atoms with Gasteiger partial charge in [-0.2, -0.15) is 8.78 Å². The molecule has 1 aliphatic heterocycles. The van der Waals surface area contributed by atoms with Gasteiger partial charge >= 0.3 is 0 Å². The van der Waals surface area contributed by atoms with Crippen LogP contribution in [0.2, 0.25) is 0 Å². The van der Waals surface area contributed by atoms with Crippen molar-refractivity contribution in [3.05, 3.63) is 76.6 Å². The summed E-state index contributed by atoms with van der Waals surface area (Å²) >= 11 is 0. The first kappa shape index (κ1) is 16.4. The summed E-state index contributed by atoms with van der Waals surface area (Å²) < 4.78 is 76.8. The number of rotatable bonds is 1. The maximum Gasteiger partial charge on any atom is 0.272 e. The molecule has 0 fully saturated rings. The van der Waals surface area contributed by atoms with Crippen LogP contribution in [0.4, 0.5) is 22.0 Å². The van der Waals surface area contributed by atoms with E-state index in [1.54, 1.807) is 4.57 Å². The molecule has 138 valence electrons. The molecule has 0 N–H and O–H groups in total. The van der Waals surface area contributed by atoms with Gasteiger partial charge < -0.3 is 4.74 Å². The molecule has 0 bridgehead atoms. The van der Waals surface area contributed by atoms with Gasteiger partial charge in [-0.3, -0.25) is 0 Å². The van der Waals surface area contributed by atoms with Crippen LogP contribution in [-0.2, 0) is 17.8 Å². The standard InChI is InChI=1S/C18H11F5N3O/c19-12-13(20)15(22)18(16(23)14(12)21)26-7-25-11(24-26)6-27-10-5-8-3-1-2-4-9(8)17(10)25/h1-4,7,10,17H,5-6H2/q+1/t10-,17+/m0/s1. The molecule has 2 heterocycles. The largest absolute Gasteiger partial charge is 0.363 e. The van der Waals surface area contributed by atoms with Gasteiger partial charge in [0, 0.05) is 12.0 Å². The number of nitrogens with zero attached hydrogens (tertiary/aromatic N) is 3. The lowest BCUT2D eigenvalue weighted by atomic mass is 10.1. The molecule has 1 aliphatic carbocycles. The molecule has 0 amide bonds. The third-order valence-electron chi connectivity index (χ3n) is 5.04. The summed E-state index contributed by atoms with van der Waals surface area (Å²) in [5.74, 6) is -9.76. The van der Waals surface area contributed by atoms with E-state index in [4.69, 9.17) is 4.74 Å². The van der Waals surface area contributed by atoms with E-state index in [9.17, 15) is 22.0 Å². The molecule has 0 saturated heterocycles. The van der Waals surface area contributed by atoms with Gasteiger partial charge in [0.05, 0.1) is 0 Å². The zero-order valence-electron chi connectivity index (χ0n) is 13.6. The second kappa shape index (κ2) is 5.59. The molecule has 1 aromatic heterocycles. The van der Waals surface area contributed by atoms with E-state index in [0.717, 1.165) is 11.1 Å². The zero-order valence-corrected chi connectivity index (χ0v) is 13.6. The SMILES string of the molecule is Fc1c(F)c(F)c(-[n+]2cn3c(n2)CO[C@H]2Cc4ccccc4[C@H]23)c(F)c1F. The van der Waals surface area contributed by atoms with Crippen molar-refractivity contribution in [1.82, 2.24) is 9.67 Å². The van der Waals surface area contributed by atoms with Crippen molar-refractivity contribution in [3.8, 4) is 5.69 Å². The van der Waals surface area contributed by atoms with Gasteiger partial charge in [0.2, 0.25) is 34.8 Å². The highest BCUT2D eigenvalue weighted by molar-refractivity contribution is 5.38. The van der Waals surface area contributed by atoms with Crippen molar-refractivity contribution in [2.24, 2.45) is 0 Å². The molecule has 0 saturated carbocycles. The van der Waals surface area contributed by atoms with Crippen LogP contribution in [0, 0.1) is 29.1 Å². The van der Waals surface area contributed by atoms with Crippen LogP contribution >= 0.6 is 0 Å². The third-order valence-corrected chi connectivity index (χ3v) is 5.04. The lowest BCUT2D eigenvalue weighted by Crippen LogP contribution is -2.36. The first-order valence-corrected chi connectivity index (χ1v) is 8.18. The molecule has 0 unspecified atom stereocenters. The minimum absolute atomic E-state index is 0.0670. The smallest absolute Gasteiger partial charge is 0.272 e. The molecule has 9 heteroatoms.